The number of nitrogen functional groups attached to an aromatic ring is 1. The molecule has 2 aromatic heterocycles. The Labute approximate surface area is 81.9 Å². The van der Waals surface area contributed by atoms with Crippen LogP contribution in [0.4, 0.5) is 5.69 Å². The third-order valence-corrected chi connectivity index (χ3v) is 2.44. The highest BCUT2D eigenvalue weighted by Crippen LogP contribution is 2.24. The second-order valence-corrected chi connectivity index (χ2v) is 3.35. The van der Waals surface area contributed by atoms with Crippen molar-refractivity contribution in [2.24, 2.45) is 12.9 Å². The molecule has 0 aliphatic carbocycles. The van der Waals surface area contributed by atoms with Gasteiger partial charge in [-0.15, -0.1) is 0 Å². The molecule has 0 saturated carbocycles. The van der Waals surface area contributed by atoms with Crippen LogP contribution in [0.3, 0.4) is 0 Å². The predicted molar refractivity (Wildman–Crippen MR) is 55.8 cm³/mol. The Kier molecular flexibility index (Phi) is 1.89. The average molecular weight is 191 g/mol. The van der Waals surface area contributed by atoms with Crippen molar-refractivity contribution in [1.29, 1.82) is 0 Å². The molecule has 0 aliphatic heterocycles. The smallest absolute Gasteiger partial charge is 0.158 e. The molecule has 5 heteroatoms. The van der Waals surface area contributed by atoms with Crippen LogP contribution < -0.4 is 11.3 Å². The summed E-state index contributed by atoms with van der Waals surface area (Å²) in [6.07, 6.45) is 1.72. The first-order chi connectivity index (χ1) is 6.65. The van der Waals surface area contributed by atoms with E-state index in [1.165, 1.54) is 0 Å². The van der Waals surface area contributed by atoms with Crippen molar-refractivity contribution in [2.75, 3.05) is 5.43 Å². The van der Waals surface area contributed by atoms with Crippen LogP contribution >= 0.6 is 0 Å². The van der Waals surface area contributed by atoms with E-state index >= 15 is 0 Å². The fourth-order valence-corrected chi connectivity index (χ4v) is 1.74. The quantitative estimate of drug-likeness (QED) is 0.518. The van der Waals surface area contributed by atoms with Crippen molar-refractivity contribution in [3.8, 4) is 0 Å². The van der Waals surface area contributed by atoms with Gasteiger partial charge in [-0.2, -0.15) is 5.10 Å². The summed E-state index contributed by atoms with van der Waals surface area (Å²) in [5.41, 5.74) is 6.42. The van der Waals surface area contributed by atoms with Gasteiger partial charge in [-0.3, -0.25) is 10.5 Å². The monoisotopic (exact) mass is 191 g/mol. The third kappa shape index (κ3) is 1.06. The average Bonchev–Trinajstić information content (AvgIpc) is 2.44. The van der Waals surface area contributed by atoms with Crippen LogP contribution in [0, 0.1) is 13.8 Å². The number of hydrazine groups is 1. The lowest BCUT2D eigenvalue weighted by Gasteiger charge is -2.05. The zero-order valence-electron chi connectivity index (χ0n) is 8.50. The van der Waals surface area contributed by atoms with E-state index < -0.39 is 0 Å². The highest BCUT2D eigenvalue weighted by Gasteiger charge is 2.10. The second-order valence-electron chi connectivity index (χ2n) is 3.35. The summed E-state index contributed by atoms with van der Waals surface area (Å²) in [5.74, 6) is 5.38. The number of nitrogens with two attached hydrogens (primary N) is 1. The minimum absolute atomic E-state index is 0.841. The van der Waals surface area contributed by atoms with Crippen molar-refractivity contribution in [1.82, 2.24) is 14.8 Å². The fourth-order valence-electron chi connectivity index (χ4n) is 1.74. The third-order valence-electron chi connectivity index (χ3n) is 2.44. The minimum Gasteiger partial charge on any atom is -0.322 e. The molecule has 2 heterocycles. The van der Waals surface area contributed by atoms with E-state index in [4.69, 9.17) is 5.84 Å². The molecule has 0 fully saturated rings. The Morgan fingerprint density at radius 3 is 2.79 bits per heavy atom. The predicted octanol–water partition coefficient (Wildman–Crippen LogP) is 0.871. The van der Waals surface area contributed by atoms with Gasteiger partial charge < -0.3 is 5.43 Å². The molecule has 5 nitrogen and oxygen atoms in total. The van der Waals surface area contributed by atoms with Gasteiger partial charge in [0.1, 0.15) is 0 Å². The summed E-state index contributed by atoms with van der Waals surface area (Å²) in [4.78, 5) is 4.29. The topological polar surface area (TPSA) is 68.8 Å². The van der Waals surface area contributed by atoms with Gasteiger partial charge >= 0.3 is 0 Å². The Morgan fingerprint density at radius 1 is 1.43 bits per heavy atom. The molecule has 0 spiro atoms. The lowest BCUT2D eigenvalue weighted by atomic mass is 10.1. The molecule has 14 heavy (non-hydrogen) atoms. The molecule has 2 rings (SSSR count). The molecule has 0 unspecified atom stereocenters. The maximum Gasteiger partial charge on any atom is 0.158 e. The SMILES string of the molecule is Cc1nn(C)c2ncc(NN)c(C)c12. The first-order valence-corrected chi connectivity index (χ1v) is 4.40. The Morgan fingerprint density at radius 2 is 2.14 bits per heavy atom. The number of aromatic nitrogens is 3. The van der Waals surface area contributed by atoms with E-state index in [0.717, 1.165) is 28.0 Å². The molecule has 0 amide bonds. The molecule has 0 atom stereocenters. The molecular weight excluding hydrogens is 178 g/mol. The van der Waals surface area contributed by atoms with Gasteiger partial charge in [-0.25, -0.2) is 4.98 Å². The van der Waals surface area contributed by atoms with E-state index in [1.54, 1.807) is 10.9 Å². The first kappa shape index (κ1) is 8.96. The number of hydrogen-bond donors (Lipinski definition) is 2. The summed E-state index contributed by atoms with van der Waals surface area (Å²) in [6, 6.07) is 0. The maximum absolute atomic E-state index is 5.38. The summed E-state index contributed by atoms with van der Waals surface area (Å²) < 4.78 is 1.78. The lowest BCUT2D eigenvalue weighted by Crippen LogP contribution is -2.08. The Balaban J connectivity index is 2.87. The Bertz CT molecular complexity index is 485. The fraction of sp³-hybridized carbons (Fsp3) is 0.333. The van der Waals surface area contributed by atoms with Crippen molar-refractivity contribution < 1.29 is 0 Å². The highest BCUT2D eigenvalue weighted by molar-refractivity contribution is 5.86. The lowest BCUT2D eigenvalue weighted by molar-refractivity contribution is 0.774. The molecule has 0 saturated heterocycles. The zero-order valence-corrected chi connectivity index (χ0v) is 8.50. The number of nitrogens with zero attached hydrogens (tertiary/aromatic N) is 3. The number of hydrogen-bond acceptors (Lipinski definition) is 4. The van der Waals surface area contributed by atoms with Crippen LogP contribution in [0.5, 0.6) is 0 Å². The van der Waals surface area contributed by atoms with Gasteiger partial charge in [0.2, 0.25) is 0 Å². The van der Waals surface area contributed by atoms with Gasteiger partial charge in [-0.1, -0.05) is 0 Å². The Hall–Kier alpha value is -1.62. The van der Waals surface area contributed by atoms with Crippen LogP contribution in [0.15, 0.2) is 6.20 Å². The molecule has 0 bridgehead atoms. The van der Waals surface area contributed by atoms with Crippen LogP contribution in [0.2, 0.25) is 0 Å². The maximum atomic E-state index is 5.38. The highest BCUT2D eigenvalue weighted by atomic mass is 15.3. The number of nitrogens with one attached hydrogen (secondary N) is 1. The standard InChI is InChI=1S/C9H13N5/c1-5-7(12-10)4-11-9-8(5)6(2)13-14(9)3/h4,12H,10H2,1-3H3. The van der Waals surface area contributed by atoms with Crippen LogP contribution in [-0.4, -0.2) is 14.8 Å². The molecular formula is C9H13N5. The summed E-state index contributed by atoms with van der Waals surface area (Å²) in [7, 11) is 1.89. The summed E-state index contributed by atoms with van der Waals surface area (Å²) in [5, 5.41) is 5.38. The van der Waals surface area contributed by atoms with E-state index in [9.17, 15) is 0 Å². The van der Waals surface area contributed by atoms with Crippen molar-refractivity contribution in [3.63, 3.8) is 0 Å². The van der Waals surface area contributed by atoms with Gasteiger partial charge in [-0.05, 0) is 19.4 Å². The number of aryl methyl sites for hydroxylation is 3. The number of pyridine rings is 1. The largest absolute Gasteiger partial charge is 0.322 e. The van der Waals surface area contributed by atoms with Crippen molar-refractivity contribution in [2.45, 2.75) is 13.8 Å². The number of anilines is 1. The van der Waals surface area contributed by atoms with Gasteiger partial charge in [0, 0.05) is 12.4 Å². The van der Waals surface area contributed by atoms with E-state index in [1.807, 2.05) is 20.9 Å². The normalized spacial score (nSPS) is 10.9. The molecule has 0 radical (unpaired) electrons. The number of rotatable bonds is 1. The summed E-state index contributed by atoms with van der Waals surface area (Å²) >= 11 is 0. The molecule has 2 aromatic rings. The second kappa shape index (κ2) is 2.95. The zero-order chi connectivity index (χ0) is 10.3. The first-order valence-electron chi connectivity index (χ1n) is 4.40. The van der Waals surface area contributed by atoms with E-state index in [-0.39, 0.29) is 0 Å². The minimum atomic E-state index is 0.841. The van der Waals surface area contributed by atoms with Gasteiger partial charge in [0.25, 0.3) is 0 Å². The van der Waals surface area contributed by atoms with E-state index in [2.05, 4.69) is 15.5 Å². The van der Waals surface area contributed by atoms with Crippen LogP contribution in [-0.2, 0) is 7.05 Å². The van der Waals surface area contributed by atoms with Gasteiger partial charge in [0.05, 0.1) is 17.6 Å². The number of fused-ring (bicyclic) bond motifs is 1. The van der Waals surface area contributed by atoms with Crippen molar-refractivity contribution >= 4 is 16.7 Å². The van der Waals surface area contributed by atoms with Gasteiger partial charge in [0.15, 0.2) is 5.65 Å². The summed E-state index contributed by atoms with van der Waals surface area (Å²) in [6.45, 7) is 3.98. The van der Waals surface area contributed by atoms with Crippen LogP contribution in [0.25, 0.3) is 11.0 Å². The van der Waals surface area contributed by atoms with Crippen molar-refractivity contribution in [3.05, 3.63) is 17.5 Å². The molecule has 3 N–H and O–H groups in total. The van der Waals surface area contributed by atoms with E-state index in [0.29, 0.717) is 0 Å². The molecule has 0 aliphatic rings. The molecule has 74 valence electrons. The van der Waals surface area contributed by atoms with Crippen LogP contribution in [0.1, 0.15) is 11.3 Å². The molecule has 0 aromatic carbocycles.